The van der Waals surface area contributed by atoms with Crippen molar-refractivity contribution in [2.75, 3.05) is 32.5 Å². The second-order valence-corrected chi connectivity index (χ2v) is 5.50. The average Bonchev–Trinajstić information content (AvgIpc) is 2.39. The fraction of sp³-hybridized carbons (Fsp3) is 0.533. The van der Waals surface area contributed by atoms with Gasteiger partial charge in [-0.1, -0.05) is 25.1 Å². The molecule has 0 aromatic heterocycles. The maximum atomic E-state index is 12.2. The number of piperidine rings is 1. The first-order valence-electron chi connectivity index (χ1n) is 6.85. The number of para-hydroxylation sites is 1. The lowest BCUT2D eigenvalue weighted by Gasteiger charge is -2.39. The van der Waals surface area contributed by atoms with Gasteiger partial charge >= 0.3 is 6.03 Å². The third-order valence-corrected chi connectivity index (χ3v) is 3.91. The zero-order chi connectivity index (χ0) is 13.8. The predicted octanol–water partition coefficient (Wildman–Crippen LogP) is 2.49. The number of nitrogens with one attached hydrogen (secondary N) is 1. The Morgan fingerprint density at radius 1 is 1.37 bits per heavy atom. The number of benzene rings is 1. The fourth-order valence-corrected chi connectivity index (χ4v) is 2.80. The van der Waals surface area contributed by atoms with Gasteiger partial charge in [-0.25, -0.2) is 4.79 Å². The van der Waals surface area contributed by atoms with E-state index in [2.05, 4.69) is 24.2 Å². The van der Waals surface area contributed by atoms with Gasteiger partial charge in [0.2, 0.25) is 0 Å². The van der Waals surface area contributed by atoms with E-state index in [0.29, 0.717) is 12.0 Å². The molecule has 2 atom stereocenters. The van der Waals surface area contributed by atoms with Crippen LogP contribution in [0.1, 0.15) is 13.3 Å². The minimum absolute atomic E-state index is 0.0207. The van der Waals surface area contributed by atoms with E-state index >= 15 is 0 Å². The number of hydrogen-bond donors (Lipinski definition) is 1. The van der Waals surface area contributed by atoms with Crippen LogP contribution in [0.4, 0.5) is 10.5 Å². The molecule has 0 bridgehead atoms. The maximum absolute atomic E-state index is 12.2. The number of rotatable bonds is 2. The minimum Gasteiger partial charge on any atom is -0.324 e. The Balaban J connectivity index is 1.95. The molecule has 0 saturated carbocycles. The van der Waals surface area contributed by atoms with Crippen LogP contribution in [-0.2, 0) is 0 Å². The van der Waals surface area contributed by atoms with Gasteiger partial charge in [0.15, 0.2) is 0 Å². The highest BCUT2D eigenvalue weighted by Crippen LogP contribution is 2.21. The Kier molecular flexibility index (Phi) is 4.43. The summed E-state index contributed by atoms with van der Waals surface area (Å²) in [5.41, 5.74) is 0.847. The highest BCUT2D eigenvalue weighted by molar-refractivity contribution is 5.89. The van der Waals surface area contributed by atoms with Crippen molar-refractivity contribution in [2.45, 2.75) is 19.4 Å². The Bertz CT molecular complexity index is 421. The molecule has 19 heavy (non-hydrogen) atoms. The van der Waals surface area contributed by atoms with Crippen LogP contribution in [0.2, 0.25) is 0 Å². The zero-order valence-corrected chi connectivity index (χ0v) is 12.0. The number of hydrogen-bond acceptors (Lipinski definition) is 2. The van der Waals surface area contributed by atoms with E-state index in [1.54, 1.807) is 0 Å². The van der Waals surface area contributed by atoms with E-state index in [4.69, 9.17) is 0 Å². The second kappa shape index (κ2) is 6.06. The Morgan fingerprint density at radius 3 is 2.68 bits per heavy atom. The smallest absolute Gasteiger partial charge is 0.321 e. The number of amides is 2. The molecule has 0 radical (unpaired) electrons. The van der Waals surface area contributed by atoms with Crippen LogP contribution in [0, 0.1) is 5.92 Å². The van der Waals surface area contributed by atoms with Gasteiger partial charge in [0, 0.05) is 25.3 Å². The number of nitrogens with zero attached hydrogens (tertiary/aromatic N) is 2. The molecule has 1 aromatic rings. The quantitative estimate of drug-likeness (QED) is 0.888. The highest BCUT2D eigenvalue weighted by atomic mass is 16.2. The highest BCUT2D eigenvalue weighted by Gasteiger charge is 2.29. The third-order valence-electron chi connectivity index (χ3n) is 3.91. The summed E-state index contributed by atoms with van der Waals surface area (Å²) in [6, 6.07) is 9.90. The largest absolute Gasteiger partial charge is 0.324 e. The summed E-state index contributed by atoms with van der Waals surface area (Å²) in [7, 11) is 4.03. The third kappa shape index (κ3) is 3.47. The molecule has 1 aliphatic heterocycles. The van der Waals surface area contributed by atoms with Crippen LogP contribution >= 0.6 is 0 Å². The Morgan fingerprint density at radius 2 is 2.05 bits per heavy atom. The summed E-state index contributed by atoms with van der Waals surface area (Å²) in [5.74, 6) is 0.505. The SMILES string of the molecule is CC1CN(C)CCC1N(C)C(=O)Nc1ccccc1. The van der Waals surface area contributed by atoms with Gasteiger partial charge in [-0.15, -0.1) is 0 Å². The van der Waals surface area contributed by atoms with Crippen LogP contribution in [0.5, 0.6) is 0 Å². The van der Waals surface area contributed by atoms with Crippen molar-refractivity contribution in [3.8, 4) is 0 Å². The van der Waals surface area contributed by atoms with Gasteiger partial charge in [-0.05, 0) is 38.1 Å². The van der Waals surface area contributed by atoms with Gasteiger partial charge < -0.3 is 15.1 Å². The molecule has 1 fully saturated rings. The molecule has 0 spiro atoms. The summed E-state index contributed by atoms with van der Waals surface area (Å²) < 4.78 is 0. The molecule has 1 N–H and O–H groups in total. The van der Waals surface area contributed by atoms with Gasteiger partial charge in [0.1, 0.15) is 0 Å². The van der Waals surface area contributed by atoms with Crippen LogP contribution in [0.15, 0.2) is 30.3 Å². The second-order valence-electron chi connectivity index (χ2n) is 5.50. The molecule has 1 aromatic carbocycles. The van der Waals surface area contributed by atoms with Gasteiger partial charge in [-0.3, -0.25) is 0 Å². The molecule has 104 valence electrons. The first-order chi connectivity index (χ1) is 9.08. The van der Waals surface area contributed by atoms with E-state index in [9.17, 15) is 4.79 Å². The monoisotopic (exact) mass is 261 g/mol. The van der Waals surface area contributed by atoms with E-state index in [0.717, 1.165) is 25.2 Å². The first-order valence-corrected chi connectivity index (χ1v) is 6.85. The molecule has 2 amide bonds. The van der Waals surface area contributed by atoms with Crippen molar-refractivity contribution in [2.24, 2.45) is 5.92 Å². The van der Waals surface area contributed by atoms with E-state index in [-0.39, 0.29) is 6.03 Å². The zero-order valence-electron chi connectivity index (χ0n) is 12.0. The Hall–Kier alpha value is -1.55. The van der Waals surface area contributed by atoms with Crippen LogP contribution in [-0.4, -0.2) is 49.1 Å². The van der Waals surface area contributed by atoms with Crippen molar-refractivity contribution >= 4 is 11.7 Å². The average molecular weight is 261 g/mol. The summed E-state index contributed by atoms with van der Waals surface area (Å²) >= 11 is 0. The van der Waals surface area contributed by atoms with Crippen molar-refractivity contribution < 1.29 is 4.79 Å². The van der Waals surface area contributed by atoms with Crippen LogP contribution < -0.4 is 5.32 Å². The lowest BCUT2D eigenvalue weighted by Crippen LogP contribution is -2.50. The predicted molar refractivity (Wildman–Crippen MR) is 78.3 cm³/mol. The molecular formula is C15H23N3O. The van der Waals surface area contributed by atoms with Crippen molar-refractivity contribution in [1.29, 1.82) is 0 Å². The van der Waals surface area contributed by atoms with Gasteiger partial charge in [-0.2, -0.15) is 0 Å². The summed E-state index contributed by atoms with van der Waals surface area (Å²) in [6.07, 6.45) is 1.04. The van der Waals surface area contributed by atoms with E-state index in [1.807, 2.05) is 42.3 Å². The number of urea groups is 1. The topological polar surface area (TPSA) is 35.6 Å². The summed E-state index contributed by atoms with van der Waals surface area (Å²) in [6.45, 7) is 4.32. The maximum Gasteiger partial charge on any atom is 0.321 e. The van der Waals surface area contributed by atoms with Gasteiger partial charge in [0.05, 0.1) is 0 Å². The number of anilines is 1. The molecule has 1 saturated heterocycles. The molecule has 1 aliphatic rings. The normalized spacial score (nSPS) is 23.9. The number of carbonyl (C=O) groups is 1. The Labute approximate surface area is 115 Å². The standard InChI is InChI=1S/C15H23N3O/c1-12-11-17(2)10-9-14(12)18(3)15(19)16-13-7-5-4-6-8-13/h4-8,12,14H,9-11H2,1-3H3,(H,16,19). The van der Waals surface area contributed by atoms with Crippen LogP contribution in [0.25, 0.3) is 0 Å². The molecule has 0 aliphatic carbocycles. The lowest BCUT2D eigenvalue weighted by atomic mass is 9.93. The summed E-state index contributed by atoms with van der Waals surface area (Å²) in [5, 5.41) is 2.94. The molecule has 4 nitrogen and oxygen atoms in total. The molecular weight excluding hydrogens is 238 g/mol. The molecule has 2 rings (SSSR count). The molecule has 4 heteroatoms. The fourth-order valence-electron chi connectivity index (χ4n) is 2.80. The van der Waals surface area contributed by atoms with Crippen molar-refractivity contribution in [3.63, 3.8) is 0 Å². The van der Waals surface area contributed by atoms with Crippen molar-refractivity contribution in [3.05, 3.63) is 30.3 Å². The number of carbonyl (C=O) groups excluding carboxylic acids is 1. The van der Waals surface area contributed by atoms with Crippen molar-refractivity contribution in [1.82, 2.24) is 9.80 Å². The van der Waals surface area contributed by atoms with E-state index < -0.39 is 0 Å². The van der Waals surface area contributed by atoms with E-state index in [1.165, 1.54) is 0 Å². The summed E-state index contributed by atoms with van der Waals surface area (Å²) in [4.78, 5) is 16.4. The number of likely N-dealkylation sites (tertiary alicyclic amines) is 1. The minimum atomic E-state index is -0.0207. The van der Waals surface area contributed by atoms with Gasteiger partial charge in [0.25, 0.3) is 0 Å². The van der Waals surface area contributed by atoms with Crippen LogP contribution in [0.3, 0.4) is 0 Å². The molecule has 1 heterocycles. The molecule has 2 unspecified atom stereocenters. The first kappa shape index (κ1) is 13.9. The lowest BCUT2D eigenvalue weighted by molar-refractivity contribution is 0.113.